The fraction of sp³-hybridized carbons (Fsp3) is 0. The van der Waals surface area contributed by atoms with Crippen LogP contribution in [-0.2, 0) is 0 Å². The highest BCUT2D eigenvalue weighted by Crippen LogP contribution is 2.46. The van der Waals surface area contributed by atoms with Gasteiger partial charge in [0.2, 0.25) is 0 Å². The number of hydrogen-bond donors (Lipinski definition) is 0. The number of fused-ring (bicyclic) bond motifs is 13. The Labute approximate surface area is 332 Å². The van der Waals surface area contributed by atoms with Crippen molar-refractivity contribution in [3.8, 4) is 33.4 Å². The molecule has 0 spiro atoms. The van der Waals surface area contributed by atoms with Crippen molar-refractivity contribution in [1.29, 1.82) is 0 Å². The summed E-state index contributed by atoms with van der Waals surface area (Å²) < 4.78 is 13.1. The Kier molecular flexibility index (Phi) is 6.47. The van der Waals surface area contributed by atoms with E-state index in [1.807, 2.05) is 12.1 Å². The van der Waals surface area contributed by atoms with Gasteiger partial charge < -0.3 is 8.83 Å². The van der Waals surface area contributed by atoms with E-state index in [1.54, 1.807) is 0 Å². The first-order valence-electron chi connectivity index (χ1n) is 19.9. The summed E-state index contributed by atoms with van der Waals surface area (Å²) in [5.74, 6) is 0. The highest BCUT2D eigenvalue weighted by atomic mass is 16.3. The van der Waals surface area contributed by atoms with Crippen molar-refractivity contribution < 1.29 is 8.83 Å². The first-order chi connectivity index (χ1) is 28.7. The van der Waals surface area contributed by atoms with Crippen molar-refractivity contribution in [2.24, 2.45) is 0 Å². The zero-order valence-corrected chi connectivity index (χ0v) is 31.3. The molecule has 2 nitrogen and oxygen atoms in total. The van der Waals surface area contributed by atoms with Crippen molar-refractivity contribution in [3.05, 3.63) is 194 Å². The van der Waals surface area contributed by atoms with Crippen LogP contribution in [0.15, 0.2) is 203 Å². The predicted molar refractivity (Wildman–Crippen MR) is 245 cm³/mol. The number of rotatable bonds is 3. The third-order valence-electron chi connectivity index (χ3n) is 12.4. The van der Waals surface area contributed by atoms with Gasteiger partial charge in [0, 0.05) is 26.9 Å². The molecule has 0 aliphatic heterocycles. The fourth-order valence-corrected chi connectivity index (χ4v) is 9.79. The van der Waals surface area contributed by atoms with Crippen LogP contribution in [0.1, 0.15) is 0 Å². The molecule has 11 aromatic carbocycles. The van der Waals surface area contributed by atoms with Crippen LogP contribution in [0.2, 0.25) is 0 Å². The minimum absolute atomic E-state index is 0.867. The molecule has 13 aromatic rings. The Morgan fingerprint density at radius 2 is 0.759 bits per heavy atom. The molecule has 58 heavy (non-hydrogen) atoms. The monoisotopic (exact) mass is 736 g/mol. The topological polar surface area (TPSA) is 26.3 Å². The fourth-order valence-electron chi connectivity index (χ4n) is 9.79. The average Bonchev–Trinajstić information content (AvgIpc) is 3.86. The lowest BCUT2D eigenvalue weighted by atomic mass is 9.84. The molecule has 0 amide bonds. The van der Waals surface area contributed by atoms with Crippen molar-refractivity contribution in [2.45, 2.75) is 0 Å². The molecule has 268 valence electrons. The molecule has 0 radical (unpaired) electrons. The summed E-state index contributed by atoms with van der Waals surface area (Å²) in [5, 5.41) is 16.7. The van der Waals surface area contributed by atoms with Gasteiger partial charge in [-0.15, -0.1) is 0 Å². The standard InChI is InChI=1S/C56H32O2/c1-3-13-40-33(10-1)12-9-19-42(40)53-45-17-7-5-15-43(45)52(44-16-6-8-18-46(44)53)39-23-22-35-30-36(20-21-37(35)31-39)38-25-26-47-51(32-38)57-49-28-29-50-55(54(47)49)48-27-24-34-11-2-4-14-41(34)56(48)58-50/h1-32H. The summed E-state index contributed by atoms with van der Waals surface area (Å²) >= 11 is 0. The Morgan fingerprint density at radius 1 is 0.259 bits per heavy atom. The Bertz CT molecular complexity index is 3800. The lowest BCUT2D eigenvalue weighted by molar-refractivity contribution is 0.664. The van der Waals surface area contributed by atoms with Crippen LogP contribution in [0.25, 0.3) is 131 Å². The second kappa shape index (κ2) is 11.9. The van der Waals surface area contributed by atoms with Crippen LogP contribution < -0.4 is 0 Å². The Balaban J connectivity index is 0.937. The van der Waals surface area contributed by atoms with Gasteiger partial charge in [-0.3, -0.25) is 0 Å². The minimum Gasteiger partial charge on any atom is -0.456 e. The molecule has 2 aromatic heterocycles. The normalized spacial score (nSPS) is 12.1. The van der Waals surface area contributed by atoms with Crippen molar-refractivity contribution in [3.63, 3.8) is 0 Å². The third-order valence-corrected chi connectivity index (χ3v) is 12.4. The molecule has 0 N–H and O–H groups in total. The molecule has 0 fully saturated rings. The van der Waals surface area contributed by atoms with Gasteiger partial charge in [0.05, 0.1) is 0 Å². The molecular formula is C56H32O2. The quantitative estimate of drug-likeness (QED) is 0.169. The van der Waals surface area contributed by atoms with E-state index in [2.05, 4.69) is 182 Å². The summed E-state index contributed by atoms with van der Waals surface area (Å²) in [6, 6.07) is 70.4. The first-order valence-corrected chi connectivity index (χ1v) is 19.9. The maximum absolute atomic E-state index is 6.57. The maximum Gasteiger partial charge on any atom is 0.143 e. The second-order valence-electron chi connectivity index (χ2n) is 15.5. The van der Waals surface area contributed by atoms with Gasteiger partial charge in [-0.05, 0) is 124 Å². The van der Waals surface area contributed by atoms with E-state index in [0.29, 0.717) is 0 Å². The van der Waals surface area contributed by atoms with Gasteiger partial charge >= 0.3 is 0 Å². The zero-order chi connectivity index (χ0) is 37.9. The molecular weight excluding hydrogens is 705 g/mol. The van der Waals surface area contributed by atoms with E-state index in [4.69, 9.17) is 8.83 Å². The number of hydrogen-bond acceptors (Lipinski definition) is 2. The summed E-state index contributed by atoms with van der Waals surface area (Å²) in [4.78, 5) is 0. The SMILES string of the molecule is c1ccc2c(-c3c4ccccc4c(-c4ccc5cc(-c6ccc7c(c6)oc6ccc8oc9c%10ccccc%10ccc9c8c67)ccc5c4)c4ccccc34)cccc2c1. The number of furan rings is 2. The van der Waals surface area contributed by atoms with Crippen molar-refractivity contribution in [2.75, 3.05) is 0 Å². The van der Waals surface area contributed by atoms with Crippen molar-refractivity contribution in [1.82, 2.24) is 0 Å². The van der Waals surface area contributed by atoms with Gasteiger partial charge in [0.15, 0.2) is 0 Å². The van der Waals surface area contributed by atoms with Crippen LogP contribution >= 0.6 is 0 Å². The molecule has 0 saturated heterocycles. The highest BCUT2D eigenvalue weighted by Gasteiger charge is 2.20. The summed E-state index contributed by atoms with van der Waals surface area (Å²) in [6.45, 7) is 0. The van der Waals surface area contributed by atoms with Crippen molar-refractivity contribution >= 4 is 97.7 Å². The van der Waals surface area contributed by atoms with Crippen LogP contribution in [0.5, 0.6) is 0 Å². The van der Waals surface area contributed by atoms with Crippen LogP contribution in [0, 0.1) is 0 Å². The molecule has 2 heterocycles. The van der Waals surface area contributed by atoms with Crippen LogP contribution in [0.4, 0.5) is 0 Å². The predicted octanol–water partition coefficient (Wildman–Crippen LogP) is 16.3. The number of benzene rings is 11. The summed E-state index contributed by atoms with van der Waals surface area (Å²) in [6.07, 6.45) is 0. The average molecular weight is 737 g/mol. The van der Waals surface area contributed by atoms with E-state index < -0.39 is 0 Å². The van der Waals surface area contributed by atoms with Gasteiger partial charge in [-0.1, -0.05) is 152 Å². The van der Waals surface area contributed by atoms with Crippen LogP contribution in [-0.4, -0.2) is 0 Å². The van der Waals surface area contributed by atoms with E-state index in [-0.39, 0.29) is 0 Å². The highest BCUT2D eigenvalue weighted by molar-refractivity contribution is 6.28. The van der Waals surface area contributed by atoms with E-state index in [1.165, 1.54) is 70.7 Å². The van der Waals surface area contributed by atoms with Gasteiger partial charge in [-0.25, -0.2) is 0 Å². The van der Waals surface area contributed by atoms with E-state index in [9.17, 15) is 0 Å². The zero-order valence-electron chi connectivity index (χ0n) is 31.3. The van der Waals surface area contributed by atoms with Gasteiger partial charge in [-0.2, -0.15) is 0 Å². The van der Waals surface area contributed by atoms with Gasteiger partial charge in [0.1, 0.15) is 22.3 Å². The van der Waals surface area contributed by atoms with Crippen LogP contribution in [0.3, 0.4) is 0 Å². The molecule has 2 heteroatoms. The first kappa shape index (κ1) is 31.5. The second-order valence-corrected chi connectivity index (χ2v) is 15.5. The minimum atomic E-state index is 0.867. The largest absolute Gasteiger partial charge is 0.456 e. The smallest absolute Gasteiger partial charge is 0.143 e. The lowest BCUT2D eigenvalue weighted by Crippen LogP contribution is -1.91. The molecule has 0 saturated carbocycles. The Morgan fingerprint density at radius 3 is 1.50 bits per heavy atom. The molecule has 0 aliphatic carbocycles. The third kappa shape index (κ3) is 4.48. The molecule has 0 bridgehead atoms. The molecule has 0 atom stereocenters. The molecule has 13 rings (SSSR count). The Hall–Kier alpha value is -7.68. The molecule has 0 unspecified atom stereocenters. The van der Waals surface area contributed by atoms with E-state index >= 15 is 0 Å². The maximum atomic E-state index is 6.57. The summed E-state index contributed by atoms with van der Waals surface area (Å²) in [5.41, 5.74) is 10.8. The lowest BCUT2D eigenvalue weighted by Gasteiger charge is -2.19. The van der Waals surface area contributed by atoms with Gasteiger partial charge in [0.25, 0.3) is 0 Å². The molecule has 0 aliphatic rings. The van der Waals surface area contributed by atoms with E-state index in [0.717, 1.165) is 60.4 Å². The summed E-state index contributed by atoms with van der Waals surface area (Å²) in [7, 11) is 0.